The van der Waals surface area contributed by atoms with E-state index in [0.29, 0.717) is 36.5 Å². The van der Waals surface area contributed by atoms with Gasteiger partial charge in [0.2, 0.25) is 15.2 Å². The number of rotatable bonds is 5. The summed E-state index contributed by atoms with van der Waals surface area (Å²) >= 11 is 1.19. The molecule has 6 nitrogen and oxygen atoms in total. The molecule has 0 radical (unpaired) electrons. The average Bonchev–Trinajstić information content (AvgIpc) is 3.23. The van der Waals surface area contributed by atoms with Crippen LogP contribution in [0.15, 0.2) is 53.4 Å². The largest absolute Gasteiger partial charge is 0.416 e. The lowest BCUT2D eigenvalue weighted by Gasteiger charge is -2.38. The molecule has 1 fully saturated rings. The van der Waals surface area contributed by atoms with Crippen molar-refractivity contribution in [3.8, 4) is 0 Å². The van der Waals surface area contributed by atoms with Crippen LogP contribution in [0.3, 0.4) is 0 Å². The first-order valence-electron chi connectivity index (χ1n) is 10.0. The van der Waals surface area contributed by atoms with Crippen molar-refractivity contribution in [2.75, 3.05) is 24.5 Å². The molecule has 2 heterocycles. The van der Waals surface area contributed by atoms with E-state index in [4.69, 9.17) is 0 Å². The molecule has 12 heteroatoms. The molecule has 0 bridgehead atoms. The van der Waals surface area contributed by atoms with Crippen LogP contribution in [0.4, 0.5) is 22.7 Å². The highest BCUT2D eigenvalue weighted by molar-refractivity contribution is 7.89. The molecule has 0 amide bonds. The van der Waals surface area contributed by atoms with Gasteiger partial charge in [0.05, 0.1) is 10.5 Å². The minimum atomic E-state index is -4.63. The van der Waals surface area contributed by atoms with Crippen LogP contribution in [0.25, 0.3) is 0 Å². The van der Waals surface area contributed by atoms with Crippen molar-refractivity contribution < 1.29 is 26.0 Å². The zero-order chi connectivity index (χ0) is 23.8. The van der Waals surface area contributed by atoms with Crippen molar-refractivity contribution in [3.63, 3.8) is 0 Å². The number of benzene rings is 2. The van der Waals surface area contributed by atoms with Crippen LogP contribution in [0, 0.1) is 5.82 Å². The normalized spacial score (nSPS) is 18.0. The Morgan fingerprint density at radius 3 is 2.52 bits per heavy atom. The van der Waals surface area contributed by atoms with Crippen molar-refractivity contribution in [1.82, 2.24) is 13.7 Å². The Balaban J connectivity index is 1.46. The summed E-state index contributed by atoms with van der Waals surface area (Å²) in [6.45, 7) is 2.46. The van der Waals surface area contributed by atoms with Crippen molar-refractivity contribution in [1.29, 1.82) is 0 Å². The topological polar surface area (TPSA) is 66.4 Å². The highest BCUT2D eigenvalue weighted by Crippen LogP contribution is 2.32. The third kappa shape index (κ3) is 5.17. The van der Waals surface area contributed by atoms with Crippen molar-refractivity contribution >= 4 is 26.7 Å². The van der Waals surface area contributed by atoms with E-state index in [1.165, 1.54) is 34.0 Å². The lowest BCUT2D eigenvalue weighted by molar-refractivity contribution is -0.137. The molecule has 1 aliphatic rings. The van der Waals surface area contributed by atoms with Crippen molar-refractivity contribution in [3.05, 3.63) is 71.3 Å². The zero-order valence-corrected chi connectivity index (χ0v) is 19.1. The van der Waals surface area contributed by atoms with Gasteiger partial charge in [-0.25, -0.2) is 17.8 Å². The highest BCUT2D eigenvalue weighted by Gasteiger charge is 2.37. The van der Waals surface area contributed by atoms with Gasteiger partial charge in [-0.05, 0) is 42.8 Å². The number of hydrogen-bond donors (Lipinski definition) is 0. The smallest absolute Gasteiger partial charge is 0.344 e. The third-order valence-corrected chi connectivity index (χ3v) is 8.16. The average molecular weight is 501 g/mol. The van der Waals surface area contributed by atoms with E-state index >= 15 is 0 Å². The van der Waals surface area contributed by atoms with Crippen LogP contribution in [-0.2, 0) is 22.6 Å². The molecular formula is C21H20F4N4O2S2. The van der Waals surface area contributed by atoms with Gasteiger partial charge < -0.3 is 4.90 Å². The van der Waals surface area contributed by atoms with Gasteiger partial charge in [-0.1, -0.05) is 18.2 Å². The van der Waals surface area contributed by atoms with E-state index in [1.807, 2.05) is 4.90 Å². The standard InChI is InChI=1S/C21H20F4N4O2S2/c1-14-13-28(20-26-19(27-32-20)11-15-5-7-17(22)8-6-15)9-10-29(14)33(30,31)18-4-2-3-16(12-18)21(23,24)25/h2-8,12,14H,9-11,13H2,1H3. The Kier molecular flexibility index (Phi) is 6.43. The molecule has 1 unspecified atom stereocenters. The predicted octanol–water partition coefficient (Wildman–Crippen LogP) is 4.19. The number of anilines is 1. The molecule has 0 saturated carbocycles. The molecule has 176 valence electrons. The molecule has 0 aliphatic carbocycles. The van der Waals surface area contributed by atoms with E-state index in [-0.39, 0.29) is 17.3 Å². The first-order chi connectivity index (χ1) is 15.5. The van der Waals surface area contributed by atoms with Gasteiger partial charge >= 0.3 is 6.18 Å². The first kappa shape index (κ1) is 23.6. The predicted molar refractivity (Wildman–Crippen MR) is 116 cm³/mol. The highest BCUT2D eigenvalue weighted by atomic mass is 32.2. The van der Waals surface area contributed by atoms with Gasteiger partial charge in [0.1, 0.15) is 11.6 Å². The molecule has 1 atom stereocenters. The molecular weight excluding hydrogens is 480 g/mol. The second-order valence-corrected chi connectivity index (χ2v) is 10.4. The summed E-state index contributed by atoms with van der Waals surface area (Å²) in [5.41, 5.74) is -0.136. The second kappa shape index (κ2) is 8.99. The maximum Gasteiger partial charge on any atom is 0.416 e. The molecule has 3 aromatic rings. The quantitative estimate of drug-likeness (QED) is 0.492. The second-order valence-electron chi connectivity index (χ2n) is 7.73. The minimum Gasteiger partial charge on any atom is -0.344 e. The number of nitrogens with zero attached hydrogens (tertiary/aromatic N) is 4. The number of sulfonamides is 1. The summed E-state index contributed by atoms with van der Waals surface area (Å²) in [5, 5.41) is 0.634. The van der Waals surface area contributed by atoms with Gasteiger partial charge in [0, 0.05) is 43.6 Å². The minimum absolute atomic E-state index is 0.104. The Bertz CT molecular complexity index is 1230. The molecule has 1 saturated heterocycles. The van der Waals surface area contributed by atoms with Gasteiger partial charge in [-0.15, -0.1) is 0 Å². The number of halogens is 4. The first-order valence-corrected chi connectivity index (χ1v) is 12.3. The summed E-state index contributed by atoms with van der Waals surface area (Å²) in [4.78, 5) is 6.05. The fraction of sp³-hybridized carbons (Fsp3) is 0.333. The number of hydrogen-bond acceptors (Lipinski definition) is 6. The fourth-order valence-electron chi connectivity index (χ4n) is 3.67. The van der Waals surface area contributed by atoms with Crippen LogP contribution >= 0.6 is 11.5 Å². The zero-order valence-electron chi connectivity index (χ0n) is 17.5. The Hall–Kier alpha value is -2.57. The lowest BCUT2D eigenvalue weighted by Crippen LogP contribution is -2.54. The summed E-state index contributed by atoms with van der Waals surface area (Å²) in [5.74, 6) is 0.255. The van der Waals surface area contributed by atoms with Gasteiger partial charge in [-0.3, -0.25) is 0 Å². The lowest BCUT2D eigenvalue weighted by atomic mass is 10.1. The van der Waals surface area contributed by atoms with E-state index < -0.39 is 27.8 Å². The summed E-state index contributed by atoms with van der Waals surface area (Å²) in [7, 11) is -4.10. The maximum absolute atomic E-state index is 13.1. The van der Waals surface area contributed by atoms with Crippen molar-refractivity contribution in [2.45, 2.75) is 30.5 Å². The monoisotopic (exact) mass is 500 g/mol. The molecule has 1 aromatic heterocycles. The molecule has 1 aliphatic heterocycles. The van der Waals surface area contributed by atoms with E-state index in [9.17, 15) is 26.0 Å². The van der Waals surface area contributed by atoms with Gasteiger partial charge in [0.25, 0.3) is 0 Å². The molecule has 0 N–H and O–H groups in total. The number of alkyl halides is 3. The van der Waals surface area contributed by atoms with Crippen LogP contribution in [0.2, 0.25) is 0 Å². The van der Waals surface area contributed by atoms with Gasteiger partial charge in [-0.2, -0.15) is 21.9 Å². The van der Waals surface area contributed by atoms with Crippen LogP contribution in [-0.4, -0.2) is 47.8 Å². The SMILES string of the molecule is CC1CN(c2nc(Cc3ccc(F)cc3)ns2)CCN1S(=O)(=O)c1cccc(C(F)(F)F)c1. The van der Waals surface area contributed by atoms with E-state index in [1.54, 1.807) is 19.1 Å². The Morgan fingerprint density at radius 1 is 1.12 bits per heavy atom. The molecule has 2 aromatic carbocycles. The van der Waals surface area contributed by atoms with Crippen molar-refractivity contribution in [2.24, 2.45) is 0 Å². The van der Waals surface area contributed by atoms with E-state index in [2.05, 4.69) is 9.36 Å². The fourth-order valence-corrected chi connectivity index (χ4v) is 6.05. The Morgan fingerprint density at radius 2 is 1.85 bits per heavy atom. The summed E-state index contributed by atoms with van der Waals surface area (Å²) in [6, 6.07) is 9.37. The van der Waals surface area contributed by atoms with Crippen LogP contribution in [0.1, 0.15) is 23.9 Å². The van der Waals surface area contributed by atoms with Crippen LogP contribution in [0.5, 0.6) is 0 Å². The molecule has 4 rings (SSSR count). The third-order valence-electron chi connectivity index (χ3n) is 5.34. The number of aromatic nitrogens is 2. The Labute approximate surface area is 192 Å². The summed E-state index contributed by atoms with van der Waals surface area (Å²) in [6.07, 6.45) is -4.18. The molecule has 33 heavy (non-hydrogen) atoms. The van der Waals surface area contributed by atoms with Crippen LogP contribution < -0.4 is 4.90 Å². The van der Waals surface area contributed by atoms with Gasteiger partial charge in [0.15, 0.2) is 0 Å². The van der Waals surface area contributed by atoms with E-state index in [0.717, 1.165) is 17.7 Å². The number of piperazine rings is 1. The maximum atomic E-state index is 13.1. The molecule has 0 spiro atoms. The summed E-state index contributed by atoms with van der Waals surface area (Å²) < 4.78 is 83.8.